The molecule has 0 aliphatic carbocycles. The lowest BCUT2D eigenvalue weighted by molar-refractivity contribution is -0.164. The van der Waals surface area contributed by atoms with Crippen LogP contribution in [0.5, 0.6) is 0 Å². The van der Waals surface area contributed by atoms with Crippen LogP contribution in [0.3, 0.4) is 0 Å². The predicted molar refractivity (Wildman–Crippen MR) is 20.7 cm³/mol. The summed E-state index contributed by atoms with van der Waals surface area (Å²) in [4.78, 5) is 4.81. The highest BCUT2D eigenvalue weighted by atomic mass is 19.3. The highest BCUT2D eigenvalue weighted by Crippen LogP contribution is 1.74. The zero-order chi connectivity index (χ0) is 4.99. The molecule has 0 aliphatic heterocycles. The Labute approximate surface area is 36.4 Å². The summed E-state index contributed by atoms with van der Waals surface area (Å²) in [6.07, 6.45) is 0. The number of hydrogen-bond donors (Lipinski definition) is 0. The minimum Gasteiger partial charge on any atom is -0.284 e. The first-order valence-corrected chi connectivity index (χ1v) is 1.65. The van der Waals surface area contributed by atoms with Crippen LogP contribution in [-0.2, 0) is 4.94 Å². The molecular weight excluding hydrogens is 85.0 g/mol. The van der Waals surface area contributed by atoms with E-state index in [-0.39, 0.29) is 6.73 Å². The largest absolute Gasteiger partial charge is 0.284 e. The fourth-order valence-electron chi connectivity index (χ4n) is 0.0976. The molecule has 0 radical (unpaired) electrons. The zero-order valence-corrected chi connectivity index (χ0v) is 3.94. The van der Waals surface area contributed by atoms with Gasteiger partial charge in [-0.25, -0.2) is 0 Å². The third-order valence-electron chi connectivity index (χ3n) is 0.307. The molecular formula is C3H8FNO. The molecule has 6 heavy (non-hydrogen) atoms. The van der Waals surface area contributed by atoms with Crippen LogP contribution in [0.15, 0.2) is 0 Å². The van der Waals surface area contributed by atoms with Crippen molar-refractivity contribution in [2.45, 2.75) is 0 Å². The second-order valence-corrected chi connectivity index (χ2v) is 1.32. The van der Waals surface area contributed by atoms with Gasteiger partial charge in [0.25, 0.3) is 0 Å². The Morgan fingerprint density at radius 1 is 1.67 bits per heavy atom. The molecule has 3 heteroatoms. The van der Waals surface area contributed by atoms with Gasteiger partial charge in [0, 0.05) is 0 Å². The lowest BCUT2D eigenvalue weighted by atomic mass is 11.0. The molecule has 0 bridgehead atoms. The molecule has 0 saturated carbocycles. The molecule has 0 amide bonds. The Morgan fingerprint density at radius 2 is 2.17 bits per heavy atom. The van der Waals surface area contributed by atoms with Gasteiger partial charge in [0.1, 0.15) is 6.73 Å². The summed E-state index contributed by atoms with van der Waals surface area (Å²) >= 11 is 0. The van der Waals surface area contributed by atoms with E-state index < -0.39 is 0 Å². The van der Waals surface area contributed by atoms with Crippen molar-refractivity contribution in [1.29, 1.82) is 0 Å². The Balaban J connectivity index is 2.63. The summed E-state index contributed by atoms with van der Waals surface area (Å²) in [7, 11) is 3.44. The van der Waals surface area contributed by atoms with Gasteiger partial charge in [-0.15, -0.1) is 0 Å². The van der Waals surface area contributed by atoms with Crippen LogP contribution < -0.4 is 0 Å². The molecule has 38 valence electrons. The predicted octanol–water partition coefficient (Wildman–Crippen LogP) is 0.407. The molecule has 0 atom stereocenters. The van der Waals surface area contributed by atoms with Crippen LogP contribution in [0.2, 0.25) is 0 Å². The number of halogens is 1. The minimum absolute atomic E-state index is 0.0417. The summed E-state index contributed by atoms with van der Waals surface area (Å²) in [5, 5.41) is 0. The zero-order valence-electron chi connectivity index (χ0n) is 3.94. The maximum absolute atomic E-state index is 10.7. The van der Waals surface area contributed by atoms with Gasteiger partial charge in [-0.05, 0) is 18.6 Å². The molecule has 0 aromatic rings. The minimum atomic E-state index is 0.0417. The van der Waals surface area contributed by atoms with Crippen molar-refractivity contribution in [3.05, 3.63) is 0 Å². The van der Waals surface area contributed by atoms with Gasteiger partial charge < -0.3 is 0 Å². The van der Waals surface area contributed by atoms with Crippen LogP contribution in [0.1, 0.15) is 0 Å². The summed E-state index contributed by atoms with van der Waals surface area (Å²) in [6, 6.07) is 0. The maximum atomic E-state index is 10.7. The third-order valence-corrected chi connectivity index (χ3v) is 0.307. The van der Waals surface area contributed by atoms with Crippen molar-refractivity contribution in [2.24, 2.45) is 0 Å². The topological polar surface area (TPSA) is 12.5 Å². The number of hydrogen-bond acceptors (Lipinski definition) is 2. The monoisotopic (exact) mass is 93.1 g/mol. The Hall–Kier alpha value is -0.150. The third kappa shape index (κ3) is 3.85. The van der Waals surface area contributed by atoms with Crippen molar-refractivity contribution >= 4 is 0 Å². The van der Waals surface area contributed by atoms with Gasteiger partial charge in [0.2, 0.25) is 0 Å². The fraction of sp³-hybridized carbons (Fsp3) is 1.00. The summed E-state index contributed by atoms with van der Waals surface area (Å²) in [5.74, 6) is 0. The van der Waals surface area contributed by atoms with Crippen molar-refractivity contribution in [1.82, 2.24) is 4.90 Å². The summed E-state index contributed by atoms with van der Waals surface area (Å²) < 4.78 is 10.7. The second-order valence-electron chi connectivity index (χ2n) is 1.32. The standard InChI is InChI=1S/C3H8FNO/c1-5(2)3-6-4/h3H2,1-2H3. The lowest BCUT2D eigenvalue weighted by Gasteiger charge is -2.01. The Bertz CT molecular complexity index is 32.0. The Morgan fingerprint density at radius 3 is 2.17 bits per heavy atom. The van der Waals surface area contributed by atoms with E-state index in [1.165, 1.54) is 0 Å². The highest BCUT2D eigenvalue weighted by Gasteiger charge is 1.82. The first-order valence-electron chi connectivity index (χ1n) is 1.65. The van der Waals surface area contributed by atoms with E-state index >= 15 is 0 Å². The average Bonchev–Trinajstić information content (AvgIpc) is 1.35. The Kier molecular flexibility index (Phi) is 2.98. The number of rotatable bonds is 2. The van der Waals surface area contributed by atoms with E-state index in [2.05, 4.69) is 4.94 Å². The van der Waals surface area contributed by atoms with E-state index in [0.29, 0.717) is 0 Å². The van der Waals surface area contributed by atoms with Crippen LogP contribution in [0, 0.1) is 0 Å². The van der Waals surface area contributed by atoms with Crippen molar-refractivity contribution < 1.29 is 9.47 Å². The summed E-state index contributed by atoms with van der Waals surface area (Å²) in [6.45, 7) is 0.0417. The molecule has 0 fully saturated rings. The molecule has 0 rings (SSSR count). The van der Waals surface area contributed by atoms with Gasteiger partial charge in [-0.3, -0.25) is 4.90 Å². The first kappa shape index (κ1) is 5.85. The van der Waals surface area contributed by atoms with Crippen molar-refractivity contribution in [2.75, 3.05) is 20.8 Å². The molecule has 0 aromatic heterocycles. The van der Waals surface area contributed by atoms with E-state index in [0.717, 1.165) is 0 Å². The molecule has 2 nitrogen and oxygen atoms in total. The number of nitrogens with zero attached hydrogens (tertiary/aromatic N) is 1. The molecule has 0 aliphatic rings. The van der Waals surface area contributed by atoms with Gasteiger partial charge in [-0.1, -0.05) is 0 Å². The van der Waals surface area contributed by atoms with Crippen LogP contribution in [0.25, 0.3) is 0 Å². The maximum Gasteiger partial charge on any atom is 0.140 e. The van der Waals surface area contributed by atoms with E-state index in [4.69, 9.17) is 0 Å². The van der Waals surface area contributed by atoms with Gasteiger partial charge in [0.15, 0.2) is 0 Å². The molecule has 0 unspecified atom stereocenters. The molecule has 0 saturated heterocycles. The van der Waals surface area contributed by atoms with E-state index in [1.54, 1.807) is 19.0 Å². The smallest absolute Gasteiger partial charge is 0.140 e. The van der Waals surface area contributed by atoms with Crippen LogP contribution >= 0.6 is 0 Å². The van der Waals surface area contributed by atoms with Crippen molar-refractivity contribution in [3.63, 3.8) is 0 Å². The fourth-order valence-corrected chi connectivity index (χ4v) is 0.0976. The van der Waals surface area contributed by atoms with E-state index in [9.17, 15) is 4.53 Å². The van der Waals surface area contributed by atoms with E-state index in [1.807, 2.05) is 0 Å². The van der Waals surface area contributed by atoms with Crippen molar-refractivity contribution in [3.8, 4) is 0 Å². The van der Waals surface area contributed by atoms with Gasteiger partial charge >= 0.3 is 0 Å². The molecule has 0 spiro atoms. The van der Waals surface area contributed by atoms with Gasteiger partial charge in [0.05, 0.1) is 0 Å². The normalized spacial score (nSPS) is 10.0. The molecule has 0 heterocycles. The van der Waals surface area contributed by atoms with Gasteiger partial charge in [-0.2, -0.15) is 4.94 Å². The lowest BCUT2D eigenvalue weighted by Crippen LogP contribution is -2.12. The molecule has 0 aromatic carbocycles. The van der Waals surface area contributed by atoms with Crippen LogP contribution in [0.4, 0.5) is 4.53 Å². The first-order chi connectivity index (χ1) is 2.77. The quantitative estimate of drug-likeness (QED) is 0.458. The second kappa shape index (κ2) is 3.06. The highest BCUT2D eigenvalue weighted by molar-refractivity contribution is 4.18. The summed E-state index contributed by atoms with van der Waals surface area (Å²) in [5.41, 5.74) is 0. The van der Waals surface area contributed by atoms with Crippen LogP contribution in [-0.4, -0.2) is 25.7 Å². The average molecular weight is 93.1 g/mol. The molecule has 0 N–H and O–H groups in total. The SMILES string of the molecule is CN(C)COF.